The van der Waals surface area contributed by atoms with Crippen LogP contribution in [0.5, 0.6) is 0 Å². The highest BCUT2D eigenvalue weighted by atomic mass is 79.9. The van der Waals surface area contributed by atoms with Crippen molar-refractivity contribution in [3.05, 3.63) is 45.0 Å². The Balaban J connectivity index is 2.25. The summed E-state index contributed by atoms with van der Waals surface area (Å²) in [7, 11) is 0. The summed E-state index contributed by atoms with van der Waals surface area (Å²) < 4.78 is 0.292. The van der Waals surface area contributed by atoms with Crippen molar-refractivity contribution in [2.75, 3.05) is 5.32 Å². The molecule has 1 aromatic carbocycles. The van der Waals surface area contributed by atoms with Crippen molar-refractivity contribution >= 4 is 45.2 Å². The van der Waals surface area contributed by atoms with Crippen LogP contribution in [0.15, 0.2) is 28.7 Å². The third-order valence-corrected chi connectivity index (χ3v) is 3.41. The molecular formula is C11H8BrClN4O2. The molecule has 0 aliphatic carbocycles. The van der Waals surface area contributed by atoms with E-state index in [0.717, 1.165) is 0 Å². The molecule has 0 fully saturated rings. The highest BCUT2D eigenvalue weighted by molar-refractivity contribution is 9.10. The van der Waals surface area contributed by atoms with Crippen LogP contribution in [0.25, 0.3) is 0 Å². The first-order chi connectivity index (χ1) is 9.00. The molecule has 0 unspecified atom stereocenters. The van der Waals surface area contributed by atoms with E-state index < -0.39 is 11.8 Å². The molecular weight excluding hydrogens is 336 g/mol. The number of nitrogens with zero attached hydrogens (tertiary/aromatic N) is 1. The molecule has 4 N–H and O–H groups in total. The van der Waals surface area contributed by atoms with Gasteiger partial charge in [-0.05, 0) is 28.1 Å². The van der Waals surface area contributed by atoms with E-state index in [1.807, 2.05) is 0 Å². The SMILES string of the molecule is NC(=O)c1[nH]nc(NC(=O)c2ccccc2Cl)c1Br. The zero-order valence-electron chi connectivity index (χ0n) is 9.41. The van der Waals surface area contributed by atoms with Crippen molar-refractivity contribution in [2.45, 2.75) is 0 Å². The Morgan fingerprint density at radius 2 is 2.05 bits per heavy atom. The summed E-state index contributed by atoms with van der Waals surface area (Å²) >= 11 is 9.04. The van der Waals surface area contributed by atoms with Gasteiger partial charge in [0.25, 0.3) is 11.8 Å². The number of rotatable bonds is 3. The summed E-state index contributed by atoms with van der Waals surface area (Å²) in [6.07, 6.45) is 0. The minimum Gasteiger partial charge on any atom is -0.364 e. The lowest BCUT2D eigenvalue weighted by atomic mass is 10.2. The van der Waals surface area contributed by atoms with Gasteiger partial charge in [0, 0.05) is 0 Å². The minimum absolute atomic E-state index is 0.0782. The number of H-pyrrole nitrogens is 1. The molecule has 0 aliphatic rings. The van der Waals surface area contributed by atoms with Gasteiger partial charge >= 0.3 is 0 Å². The predicted molar refractivity (Wildman–Crippen MR) is 74.2 cm³/mol. The number of amides is 2. The molecule has 2 amide bonds. The highest BCUT2D eigenvalue weighted by Crippen LogP contribution is 2.24. The number of aromatic amines is 1. The molecule has 0 spiro atoms. The number of anilines is 1. The second-order valence-corrected chi connectivity index (χ2v) is 4.76. The first-order valence-corrected chi connectivity index (χ1v) is 6.27. The van der Waals surface area contributed by atoms with E-state index in [4.69, 9.17) is 17.3 Å². The van der Waals surface area contributed by atoms with Crippen LogP contribution in [0.4, 0.5) is 5.82 Å². The Hall–Kier alpha value is -1.86. The summed E-state index contributed by atoms with van der Waals surface area (Å²) in [5, 5.41) is 9.05. The van der Waals surface area contributed by atoms with Gasteiger partial charge in [-0.25, -0.2) is 0 Å². The molecule has 2 rings (SSSR count). The Bertz CT molecular complexity index is 656. The minimum atomic E-state index is -0.683. The van der Waals surface area contributed by atoms with Crippen molar-refractivity contribution in [3.63, 3.8) is 0 Å². The summed E-state index contributed by atoms with van der Waals surface area (Å²) in [4.78, 5) is 23.0. The molecule has 19 heavy (non-hydrogen) atoms. The topological polar surface area (TPSA) is 101 Å². The Labute approximate surface area is 121 Å². The fourth-order valence-corrected chi connectivity index (χ4v) is 2.09. The number of halogens is 2. The molecule has 8 heteroatoms. The van der Waals surface area contributed by atoms with Gasteiger partial charge in [0.2, 0.25) is 0 Å². The first-order valence-electron chi connectivity index (χ1n) is 5.10. The molecule has 0 saturated carbocycles. The summed E-state index contributed by atoms with van der Waals surface area (Å²) in [5.74, 6) is -0.954. The van der Waals surface area contributed by atoms with E-state index in [1.165, 1.54) is 0 Å². The Morgan fingerprint density at radius 3 is 2.63 bits per heavy atom. The van der Waals surface area contributed by atoms with E-state index in [2.05, 4.69) is 31.4 Å². The van der Waals surface area contributed by atoms with E-state index in [1.54, 1.807) is 24.3 Å². The lowest BCUT2D eigenvalue weighted by Gasteiger charge is -2.04. The third-order valence-electron chi connectivity index (χ3n) is 2.30. The number of nitrogens with one attached hydrogen (secondary N) is 2. The van der Waals surface area contributed by atoms with Gasteiger partial charge < -0.3 is 11.1 Å². The van der Waals surface area contributed by atoms with Crippen molar-refractivity contribution in [2.24, 2.45) is 5.73 Å². The van der Waals surface area contributed by atoms with E-state index >= 15 is 0 Å². The fourth-order valence-electron chi connectivity index (χ4n) is 1.39. The van der Waals surface area contributed by atoms with Crippen LogP contribution in [0, 0.1) is 0 Å². The number of aromatic nitrogens is 2. The average Bonchev–Trinajstić information content (AvgIpc) is 2.71. The molecule has 6 nitrogen and oxygen atoms in total. The number of benzene rings is 1. The summed E-state index contributed by atoms with van der Waals surface area (Å²) in [5.41, 5.74) is 5.50. The fraction of sp³-hybridized carbons (Fsp3) is 0. The van der Waals surface area contributed by atoms with Crippen molar-refractivity contribution < 1.29 is 9.59 Å². The van der Waals surface area contributed by atoms with Crippen molar-refractivity contribution in [3.8, 4) is 0 Å². The quantitative estimate of drug-likeness (QED) is 0.796. The normalized spacial score (nSPS) is 10.2. The molecule has 0 atom stereocenters. The van der Waals surface area contributed by atoms with E-state index in [9.17, 15) is 9.59 Å². The number of carbonyl (C=O) groups excluding carboxylic acids is 2. The maximum absolute atomic E-state index is 12.0. The van der Waals surface area contributed by atoms with Gasteiger partial charge in [-0.1, -0.05) is 23.7 Å². The van der Waals surface area contributed by atoms with Gasteiger partial charge in [0.15, 0.2) is 5.82 Å². The van der Waals surface area contributed by atoms with Crippen LogP contribution in [0.2, 0.25) is 5.02 Å². The Morgan fingerprint density at radius 1 is 1.37 bits per heavy atom. The van der Waals surface area contributed by atoms with Gasteiger partial charge in [0.1, 0.15) is 5.69 Å². The smallest absolute Gasteiger partial charge is 0.267 e. The molecule has 98 valence electrons. The van der Waals surface area contributed by atoms with Crippen LogP contribution in [0.1, 0.15) is 20.8 Å². The number of hydrogen-bond donors (Lipinski definition) is 3. The molecule has 0 saturated heterocycles. The predicted octanol–water partition coefficient (Wildman–Crippen LogP) is 2.18. The maximum atomic E-state index is 12.0. The lowest BCUT2D eigenvalue weighted by Crippen LogP contribution is -2.14. The monoisotopic (exact) mass is 342 g/mol. The number of hydrogen-bond acceptors (Lipinski definition) is 3. The van der Waals surface area contributed by atoms with Gasteiger partial charge in [-0.2, -0.15) is 5.10 Å². The van der Waals surface area contributed by atoms with E-state index in [0.29, 0.717) is 15.1 Å². The second-order valence-electron chi connectivity index (χ2n) is 3.56. The zero-order chi connectivity index (χ0) is 14.0. The van der Waals surface area contributed by atoms with Gasteiger partial charge in [-0.3, -0.25) is 14.7 Å². The largest absolute Gasteiger partial charge is 0.364 e. The first kappa shape index (κ1) is 13.6. The van der Waals surface area contributed by atoms with E-state index in [-0.39, 0.29) is 11.5 Å². The third kappa shape index (κ3) is 2.77. The van der Waals surface area contributed by atoms with Crippen LogP contribution in [-0.2, 0) is 0 Å². The van der Waals surface area contributed by atoms with Crippen molar-refractivity contribution in [1.82, 2.24) is 10.2 Å². The molecule has 0 aliphatic heterocycles. The van der Waals surface area contributed by atoms with Crippen LogP contribution >= 0.6 is 27.5 Å². The van der Waals surface area contributed by atoms with Crippen LogP contribution in [0.3, 0.4) is 0 Å². The molecule has 0 radical (unpaired) electrons. The van der Waals surface area contributed by atoms with Gasteiger partial charge in [-0.15, -0.1) is 0 Å². The standard InChI is InChI=1S/C11H8BrClN4O2/c12-7-8(9(14)18)16-17-10(7)15-11(19)5-3-1-2-4-6(5)13/h1-4H,(H2,14,18)(H2,15,16,17,19). The Kier molecular flexibility index (Phi) is 3.87. The van der Waals surface area contributed by atoms with Crippen LogP contribution in [-0.4, -0.2) is 22.0 Å². The molecule has 2 aromatic rings. The number of carbonyl (C=O) groups is 2. The number of primary amides is 1. The molecule has 1 aromatic heterocycles. The van der Waals surface area contributed by atoms with Crippen LogP contribution < -0.4 is 11.1 Å². The maximum Gasteiger partial charge on any atom is 0.267 e. The number of nitrogens with two attached hydrogens (primary N) is 1. The highest BCUT2D eigenvalue weighted by Gasteiger charge is 2.18. The van der Waals surface area contributed by atoms with Gasteiger partial charge in [0.05, 0.1) is 15.1 Å². The average molecular weight is 344 g/mol. The summed E-state index contributed by atoms with van der Waals surface area (Å²) in [6.45, 7) is 0. The summed E-state index contributed by atoms with van der Waals surface area (Å²) in [6, 6.07) is 6.59. The lowest BCUT2D eigenvalue weighted by molar-refractivity contribution is 0.0992. The zero-order valence-corrected chi connectivity index (χ0v) is 11.7. The molecule has 1 heterocycles. The van der Waals surface area contributed by atoms with Crippen molar-refractivity contribution in [1.29, 1.82) is 0 Å². The molecule has 0 bridgehead atoms. The second kappa shape index (κ2) is 5.41.